The summed E-state index contributed by atoms with van der Waals surface area (Å²) in [5, 5.41) is 5.11. The number of furan rings is 1. The molecule has 4 heteroatoms. The fourth-order valence-electron chi connectivity index (χ4n) is 13.0. The largest absolute Gasteiger partial charge is 0.456 e. The average Bonchev–Trinajstić information content (AvgIpc) is 3.88. The minimum absolute atomic E-state index is 0.0287. The van der Waals surface area contributed by atoms with E-state index in [1.54, 1.807) is 0 Å². The van der Waals surface area contributed by atoms with Crippen LogP contribution in [0.25, 0.3) is 71.7 Å². The summed E-state index contributed by atoms with van der Waals surface area (Å²) in [6.45, 7) is 28.8. The summed E-state index contributed by atoms with van der Waals surface area (Å²) >= 11 is 0. The highest BCUT2D eigenvalue weighted by molar-refractivity contribution is 6.94. The molecule has 0 fully saturated rings. The minimum atomic E-state index is -0.269. The van der Waals surface area contributed by atoms with E-state index in [1.165, 1.54) is 124 Å². The highest BCUT2D eigenvalue weighted by Gasteiger charge is 2.51. The summed E-state index contributed by atoms with van der Waals surface area (Å²) in [5.74, 6) is 0. The molecule has 0 N–H and O–H groups in total. The Kier molecular flexibility index (Phi) is 7.43. The van der Waals surface area contributed by atoms with Gasteiger partial charge in [0.1, 0.15) is 11.2 Å². The molecule has 0 saturated carbocycles. The zero-order valence-corrected chi connectivity index (χ0v) is 40.3. The lowest BCUT2D eigenvalue weighted by atomic mass is 9.43. The van der Waals surface area contributed by atoms with Crippen LogP contribution in [0.4, 0.5) is 11.4 Å². The van der Waals surface area contributed by atoms with Crippen LogP contribution in [0.1, 0.15) is 129 Å². The summed E-state index contributed by atoms with van der Waals surface area (Å²) in [6, 6.07) is 45.1. The number of anilines is 2. The van der Waals surface area contributed by atoms with E-state index < -0.39 is 0 Å². The third-order valence-electron chi connectivity index (χ3n) is 16.7. The number of nitrogens with zero attached hydrogens (tertiary/aromatic N) is 2. The number of benzene rings is 7. The molecule has 0 atom stereocenters. The number of fused-ring (bicyclic) bond motifs is 17. The van der Waals surface area contributed by atoms with E-state index in [0.29, 0.717) is 0 Å². The van der Waals surface area contributed by atoms with Crippen molar-refractivity contribution in [2.24, 2.45) is 0 Å². The normalized spacial score (nSPS) is 17.4. The van der Waals surface area contributed by atoms with Gasteiger partial charge >= 0.3 is 6.85 Å². The van der Waals surface area contributed by atoms with Gasteiger partial charge in [0, 0.05) is 55.7 Å². The third-order valence-corrected chi connectivity index (χ3v) is 16.7. The van der Waals surface area contributed by atoms with Gasteiger partial charge in [0.2, 0.25) is 0 Å². The van der Waals surface area contributed by atoms with Gasteiger partial charge in [0.05, 0.1) is 11.0 Å². The van der Waals surface area contributed by atoms with Gasteiger partial charge in [-0.05, 0) is 138 Å². The van der Waals surface area contributed by atoms with E-state index in [4.69, 9.17) is 4.42 Å². The van der Waals surface area contributed by atoms with Crippen LogP contribution in [0.5, 0.6) is 0 Å². The van der Waals surface area contributed by atoms with E-state index in [-0.39, 0.29) is 33.9 Å². The Morgan fingerprint density at radius 1 is 0.554 bits per heavy atom. The van der Waals surface area contributed by atoms with Crippen LogP contribution in [0.2, 0.25) is 0 Å². The minimum Gasteiger partial charge on any atom is -0.456 e. The maximum absolute atomic E-state index is 6.81. The predicted molar refractivity (Wildman–Crippen MR) is 277 cm³/mol. The fourth-order valence-corrected chi connectivity index (χ4v) is 13.0. The zero-order valence-electron chi connectivity index (χ0n) is 40.3. The summed E-state index contributed by atoms with van der Waals surface area (Å²) < 4.78 is 9.54. The molecule has 0 radical (unpaired) electrons. The first kappa shape index (κ1) is 39.4. The fraction of sp³-hybridized carbons (Fsp3) is 0.311. The maximum Gasteiger partial charge on any atom is 0.333 e. The first-order valence-electron chi connectivity index (χ1n) is 24.1. The smallest absolute Gasteiger partial charge is 0.333 e. The van der Waals surface area contributed by atoms with Gasteiger partial charge in [-0.3, -0.25) is 0 Å². The number of para-hydroxylation sites is 1. The quantitative estimate of drug-likeness (QED) is 0.154. The van der Waals surface area contributed by atoms with Crippen molar-refractivity contribution >= 4 is 72.9 Å². The Bertz CT molecular complexity index is 3600. The van der Waals surface area contributed by atoms with Gasteiger partial charge in [-0.1, -0.05) is 150 Å². The van der Waals surface area contributed by atoms with E-state index in [0.717, 1.165) is 16.6 Å². The Morgan fingerprint density at radius 2 is 1.22 bits per heavy atom. The number of rotatable bonds is 1. The summed E-state index contributed by atoms with van der Waals surface area (Å²) in [4.78, 5) is 2.70. The first-order valence-corrected chi connectivity index (χ1v) is 24.1. The molecular weight excluding hydrogens is 787 g/mol. The standard InChI is InChI=1S/C61H59BN2O/c1-57(2,3)34-21-24-36(25-22-34)64-48-33-50-39(37-17-14-16-20-49(37)65-50)30-40(48)53-54-51(38-18-13-15-19-42(38)61(54,11)12)52-41-31-43-44(60(9,10)28-27-59(43,7)8)32-47(41)63-46-26-23-35(58(4,5)6)29-45(46)62(64)55(53)56(52)63/h13-26,29-33H,27-28H2,1-12H3. The SMILES string of the molecule is CC(C)(C)c1ccc(N2B3c4cc(C(C)(C)C)ccc4-n4c5cc6c(cc5c5c7c(c(c3c54)-c3cc4c(cc32)oc2ccccc24)C(C)(C)c2ccccc2-7)C(C)(C)CCC6(C)C)cc1. The zero-order chi connectivity index (χ0) is 45.1. The van der Waals surface area contributed by atoms with Gasteiger partial charge in [-0.15, -0.1) is 0 Å². The molecule has 0 bridgehead atoms. The van der Waals surface area contributed by atoms with Crippen molar-refractivity contribution < 1.29 is 4.42 Å². The molecule has 0 amide bonds. The molecule has 2 aliphatic heterocycles. The van der Waals surface area contributed by atoms with Crippen LogP contribution in [0.3, 0.4) is 0 Å². The predicted octanol–water partition coefficient (Wildman–Crippen LogP) is 15.2. The van der Waals surface area contributed by atoms with Gasteiger partial charge in [-0.2, -0.15) is 0 Å². The highest BCUT2D eigenvalue weighted by atomic mass is 16.3. The van der Waals surface area contributed by atoms with Crippen LogP contribution >= 0.6 is 0 Å². The molecule has 322 valence electrons. The van der Waals surface area contributed by atoms with E-state index in [9.17, 15) is 0 Å². The molecule has 2 aromatic heterocycles. The molecule has 4 aliphatic rings. The second kappa shape index (κ2) is 12.3. The monoisotopic (exact) mass is 846 g/mol. The number of hydrogen-bond acceptors (Lipinski definition) is 2. The van der Waals surface area contributed by atoms with Gasteiger partial charge in [-0.25, -0.2) is 0 Å². The molecular formula is C61H59BN2O. The Labute approximate surface area is 384 Å². The second-order valence-electron chi connectivity index (χ2n) is 24.0. The van der Waals surface area contributed by atoms with Crippen molar-refractivity contribution in [2.45, 2.75) is 123 Å². The Balaban J connectivity index is 1.29. The summed E-state index contributed by atoms with van der Waals surface area (Å²) in [6.07, 6.45) is 2.35. The first-order chi connectivity index (χ1) is 30.8. The summed E-state index contributed by atoms with van der Waals surface area (Å²) in [7, 11) is 0. The van der Waals surface area contributed by atoms with Crippen molar-refractivity contribution in [2.75, 3.05) is 4.81 Å². The molecule has 3 nitrogen and oxygen atoms in total. The molecule has 7 aromatic carbocycles. The summed E-state index contributed by atoms with van der Waals surface area (Å²) in [5.41, 5.74) is 24.8. The molecule has 9 aromatic rings. The topological polar surface area (TPSA) is 21.3 Å². The van der Waals surface area contributed by atoms with Crippen molar-refractivity contribution in [3.05, 3.63) is 149 Å². The van der Waals surface area contributed by atoms with E-state index >= 15 is 0 Å². The van der Waals surface area contributed by atoms with Crippen LogP contribution < -0.4 is 15.7 Å². The van der Waals surface area contributed by atoms with E-state index in [2.05, 4.69) is 208 Å². The van der Waals surface area contributed by atoms with Gasteiger partial charge in [0.25, 0.3) is 0 Å². The van der Waals surface area contributed by atoms with Crippen LogP contribution in [-0.2, 0) is 27.1 Å². The molecule has 65 heavy (non-hydrogen) atoms. The second-order valence-corrected chi connectivity index (χ2v) is 24.0. The molecule has 0 unspecified atom stereocenters. The van der Waals surface area contributed by atoms with Crippen molar-refractivity contribution in [1.82, 2.24) is 4.57 Å². The average molecular weight is 847 g/mol. The van der Waals surface area contributed by atoms with Crippen LogP contribution in [-0.4, -0.2) is 11.4 Å². The van der Waals surface area contributed by atoms with Crippen molar-refractivity contribution in [1.29, 1.82) is 0 Å². The van der Waals surface area contributed by atoms with Crippen molar-refractivity contribution in [3.63, 3.8) is 0 Å². The van der Waals surface area contributed by atoms with Gasteiger partial charge in [0.15, 0.2) is 0 Å². The Hall–Kier alpha value is -6.00. The molecule has 2 aliphatic carbocycles. The Morgan fingerprint density at radius 3 is 1.94 bits per heavy atom. The molecule has 4 heterocycles. The third kappa shape index (κ3) is 5.04. The maximum atomic E-state index is 6.81. The van der Waals surface area contributed by atoms with Crippen molar-refractivity contribution in [3.8, 4) is 27.9 Å². The number of aromatic nitrogens is 1. The lowest BCUT2D eigenvalue weighted by molar-refractivity contribution is 0.332. The molecule has 0 spiro atoms. The van der Waals surface area contributed by atoms with Crippen LogP contribution in [0.15, 0.2) is 120 Å². The lowest BCUT2D eigenvalue weighted by Gasteiger charge is -2.44. The van der Waals surface area contributed by atoms with E-state index in [1.807, 2.05) is 0 Å². The van der Waals surface area contributed by atoms with Crippen LogP contribution in [0, 0.1) is 0 Å². The molecule has 13 rings (SSSR count). The van der Waals surface area contributed by atoms with Gasteiger partial charge < -0.3 is 13.8 Å². The lowest BCUT2D eigenvalue weighted by Crippen LogP contribution is -2.61. The molecule has 0 saturated heterocycles. The highest BCUT2D eigenvalue weighted by Crippen LogP contribution is 2.60. The number of hydrogen-bond donors (Lipinski definition) is 0.